The van der Waals surface area contributed by atoms with Gasteiger partial charge in [-0.1, -0.05) is 6.92 Å². The van der Waals surface area contributed by atoms with Gasteiger partial charge in [-0.05, 0) is 23.4 Å². The van der Waals surface area contributed by atoms with Gasteiger partial charge >= 0.3 is 0 Å². The molecule has 2 nitrogen and oxygen atoms in total. The summed E-state index contributed by atoms with van der Waals surface area (Å²) in [7, 11) is 0. The van der Waals surface area contributed by atoms with Crippen molar-refractivity contribution in [3.63, 3.8) is 0 Å². The number of rotatable bonds is 3. The lowest BCUT2D eigenvalue weighted by molar-refractivity contribution is 0.269. The van der Waals surface area contributed by atoms with Gasteiger partial charge in [-0.15, -0.1) is 11.3 Å². The standard InChI is InChI=1S/C8H13NOS/c1-2-6-3-4-11-8(6)7(9)5-10/h3-4,7,10H,2,5,9H2,1H3. The molecular formula is C8H13NOS. The average molecular weight is 171 g/mol. The van der Waals surface area contributed by atoms with E-state index in [0.717, 1.165) is 11.3 Å². The van der Waals surface area contributed by atoms with Crippen LogP contribution in [0.1, 0.15) is 23.4 Å². The first-order valence-corrected chi connectivity index (χ1v) is 4.60. The van der Waals surface area contributed by atoms with Crippen LogP contribution in [0.4, 0.5) is 0 Å². The first kappa shape index (κ1) is 8.71. The Kier molecular flexibility index (Phi) is 3.05. The van der Waals surface area contributed by atoms with Crippen molar-refractivity contribution in [2.45, 2.75) is 19.4 Å². The summed E-state index contributed by atoms with van der Waals surface area (Å²) in [5.74, 6) is 0. The number of hydrogen-bond acceptors (Lipinski definition) is 3. The maximum Gasteiger partial charge on any atom is 0.0632 e. The van der Waals surface area contributed by atoms with Gasteiger partial charge in [0, 0.05) is 4.88 Å². The molecule has 1 heterocycles. The van der Waals surface area contributed by atoms with Gasteiger partial charge in [-0.3, -0.25) is 0 Å². The summed E-state index contributed by atoms with van der Waals surface area (Å²) in [6, 6.07) is 1.88. The SMILES string of the molecule is CCc1ccsc1C(N)CO. The molecule has 1 aromatic heterocycles. The molecule has 11 heavy (non-hydrogen) atoms. The number of thiophene rings is 1. The Morgan fingerprint density at radius 2 is 2.45 bits per heavy atom. The lowest BCUT2D eigenvalue weighted by atomic mass is 10.1. The Balaban J connectivity index is 2.83. The molecule has 0 aliphatic rings. The summed E-state index contributed by atoms with van der Waals surface area (Å²) >= 11 is 1.62. The minimum absolute atomic E-state index is 0.0352. The van der Waals surface area contributed by atoms with Crippen LogP contribution in [0, 0.1) is 0 Å². The van der Waals surface area contributed by atoms with Gasteiger partial charge in [-0.25, -0.2) is 0 Å². The fraction of sp³-hybridized carbons (Fsp3) is 0.500. The van der Waals surface area contributed by atoms with Gasteiger partial charge in [0.15, 0.2) is 0 Å². The first-order chi connectivity index (χ1) is 5.29. The molecule has 0 spiro atoms. The zero-order valence-electron chi connectivity index (χ0n) is 6.58. The molecule has 0 saturated heterocycles. The Hall–Kier alpha value is -0.380. The zero-order chi connectivity index (χ0) is 8.27. The highest BCUT2D eigenvalue weighted by molar-refractivity contribution is 7.10. The fourth-order valence-electron chi connectivity index (χ4n) is 1.05. The third kappa shape index (κ3) is 1.80. The van der Waals surface area contributed by atoms with E-state index >= 15 is 0 Å². The highest BCUT2D eigenvalue weighted by atomic mass is 32.1. The van der Waals surface area contributed by atoms with Gasteiger partial charge in [0.25, 0.3) is 0 Å². The van der Waals surface area contributed by atoms with Crippen molar-refractivity contribution in [2.24, 2.45) is 5.73 Å². The summed E-state index contributed by atoms with van der Waals surface area (Å²) in [5, 5.41) is 10.8. The topological polar surface area (TPSA) is 46.2 Å². The van der Waals surface area contributed by atoms with E-state index in [9.17, 15) is 0 Å². The molecule has 0 aliphatic heterocycles. The van der Waals surface area contributed by atoms with E-state index in [1.54, 1.807) is 11.3 Å². The van der Waals surface area contributed by atoms with Crippen molar-refractivity contribution in [1.29, 1.82) is 0 Å². The summed E-state index contributed by atoms with van der Waals surface area (Å²) in [6.07, 6.45) is 0.993. The summed E-state index contributed by atoms with van der Waals surface area (Å²) < 4.78 is 0. The molecule has 1 atom stereocenters. The van der Waals surface area contributed by atoms with Crippen molar-refractivity contribution in [1.82, 2.24) is 0 Å². The second-order valence-corrected chi connectivity index (χ2v) is 3.40. The molecule has 0 aliphatic carbocycles. The number of aryl methyl sites for hydroxylation is 1. The Morgan fingerprint density at radius 3 is 3.00 bits per heavy atom. The molecule has 62 valence electrons. The van der Waals surface area contributed by atoms with Crippen LogP contribution < -0.4 is 5.73 Å². The molecule has 0 amide bonds. The predicted molar refractivity (Wildman–Crippen MR) is 47.7 cm³/mol. The van der Waals surface area contributed by atoms with E-state index in [4.69, 9.17) is 10.8 Å². The minimum Gasteiger partial charge on any atom is -0.394 e. The minimum atomic E-state index is -0.190. The molecule has 3 N–H and O–H groups in total. The van der Waals surface area contributed by atoms with E-state index < -0.39 is 0 Å². The van der Waals surface area contributed by atoms with Crippen LogP contribution in [0.25, 0.3) is 0 Å². The molecule has 1 unspecified atom stereocenters. The monoisotopic (exact) mass is 171 g/mol. The molecule has 0 radical (unpaired) electrons. The lowest BCUT2D eigenvalue weighted by Crippen LogP contribution is -2.14. The highest BCUT2D eigenvalue weighted by Gasteiger charge is 2.09. The lowest BCUT2D eigenvalue weighted by Gasteiger charge is -2.07. The van der Waals surface area contributed by atoms with Crippen molar-refractivity contribution in [2.75, 3.05) is 6.61 Å². The Labute approximate surface area is 70.7 Å². The van der Waals surface area contributed by atoms with E-state index in [1.807, 2.05) is 5.38 Å². The van der Waals surface area contributed by atoms with Crippen LogP contribution in [-0.2, 0) is 6.42 Å². The Morgan fingerprint density at radius 1 is 1.73 bits per heavy atom. The maximum atomic E-state index is 8.81. The van der Waals surface area contributed by atoms with Crippen molar-refractivity contribution in [3.8, 4) is 0 Å². The van der Waals surface area contributed by atoms with Crippen molar-refractivity contribution >= 4 is 11.3 Å². The van der Waals surface area contributed by atoms with Crippen LogP contribution in [0.5, 0.6) is 0 Å². The van der Waals surface area contributed by atoms with Crippen LogP contribution in [0.15, 0.2) is 11.4 Å². The van der Waals surface area contributed by atoms with Gasteiger partial charge in [0.2, 0.25) is 0 Å². The first-order valence-electron chi connectivity index (χ1n) is 3.72. The molecule has 1 aromatic rings. The number of aliphatic hydroxyl groups is 1. The third-order valence-corrected chi connectivity index (χ3v) is 2.79. The molecule has 1 rings (SSSR count). The largest absolute Gasteiger partial charge is 0.394 e. The van der Waals surface area contributed by atoms with E-state index in [-0.39, 0.29) is 12.6 Å². The van der Waals surface area contributed by atoms with E-state index in [1.165, 1.54) is 5.56 Å². The van der Waals surface area contributed by atoms with Gasteiger partial charge in [0.1, 0.15) is 0 Å². The zero-order valence-corrected chi connectivity index (χ0v) is 7.40. The second-order valence-electron chi connectivity index (χ2n) is 2.45. The van der Waals surface area contributed by atoms with E-state index in [2.05, 4.69) is 13.0 Å². The summed E-state index contributed by atoms with van der Waals surface area (Å²) in [6.45, 7) is 2.13. The average Bonchev–Trinajstić information content (AvgIpc) is 2.50. The second kappa shape index (κ2) is 3.85. The maximum absolute atomic E-state index is 8.81. The number of hydrogen-bond donors (Lipinski definition) is 2. The van der Waals surface area contributed by atoms with Gasteiger partial charge < -0.3 is 10.8 Å². The van der Waals surface area contributed by atoms with Crippen LogP contribution >= 0.6 is 11.3 Å². The quantitative estimate of drug-likeness (QED) is 0.720. The molecule has 0 fully saturated rings. The molecule has 3 heteroatoms. The van der Waals surface area contributed by atoms with Gasteiger partial charge in [0.05, 0.1) is 12.6 Å². The number of nitrogens with two attached hydrogens (primary N) is 1. The molecule has 0 saturated carbocycles. The van der Waals surface area contributed by atoms with Crippen molar-refractivity contribution < 1.29 is 5.11 Å². The molecule has 0 bridgehead atoms. The number of aliphatic hydroxyl groups excluding tert-OH is 1. The third-order valence-electron chi connectivity index (χ3n) is 1.70. The fourth-order valence-corrected chi connectivity index (χ4v) is 2.04. The van der Waals surface area contributed by atoms with Crippen molar-refractivity contribution in [3.05, 3.63) is 21.9 Å². The van der Waals surface area contributed by atoms with Gasteiger partial charge in [-0.2, -0.15) is 0 Å². The van der Waals surface area contributed by atoms with Crippen LogP contribution in [0.2, 0.25) is 0 Å². The molecular weight excluding hydrogens is 158 g/mol. The van der Waals surface area contributed by atoms with E-state index in [0.29, 0.717) is 0 Å². The summed E-state index contributed by atoms with van der Waals surface area (Å²) in [5.41, 5.74) is 6.94. The normalized spacial score (nSPS) is 13.4. The Bertz CT molecular complexity index is 222. The smallest absolute Gasteiger partial charge is 0.0632 e. The van der Waals surface area contributed by atoms with Crippen LogP contribution in [0.3, 0.4) is 0 Å². The molecule has 0 aromatic carbocycles. The van der Waals surface area contributed by atoms with Crippen LogP contribution in [-0.4, -0.2) is 11.7 Å². The predicted octanol–water partition coefficient (Wildman–Crippen LogP) is 1.30. The summed E-state index contributed by atoms with van der Waals surface area (Å²) in [4.78, 5) is 1.12. The highest BCUT2D eigenvalue weighted by Crippen LogP contribution is 2.22.